The molecule has 0 radical (unpaired) electrons. The van der Waals surface area contributed by atoms with Gasteiger partial charge in [0.2, 0.25) is 5.91 Å². The van der Waals surface area contributed by atoms with Crippen molar-refractivity contribution in [3.63, 3.8) is 0 Å². The van der Waals surface area contributed by atoms with Crippen molar-refractivity contribution in [2.45, 2.75) is 18.4 Å². The molecule has 2 heterocycles. The van der Waals surface area contributed by atoms with E-state index in [1.807, 2.05) is 60.7 Å². The number of methoxy groups -OCH3 is 1. The van der Waals surface area contributed by atoms with Crippen LogP contribution >= 0.6 is 0 Å². The molecular weight excluding hydrogens is 390 g/mol. The van der Waals surface area contributed by atoms with Gasteiger partial charge in [0, 0.05) is 37.5 Å². The van der Waals surface area contributed by atoms with Gasteiger partial charge in [-0.1, -0.05) is 36.4 Å². The molecule has 0 unspecified atom stereocenters. The minimum absolute atomic E-state index is 0.0889. The number of pyridine rings is 1. The zero-order chi connectivity index (χ0) is 21.8. The summed E-state index contributed by atoms with van der Waals surface area (Å²) in [5.74, 6) is 0.0128. The van der Waals surface area contributed by atoms with Gasteiger partial charge in [-0.05, 0) is 41.5 Å². The van der Waals surface area contributed by atoms with Gasteiger partial charge in [-0.15, -0.1) is 0 Å². The van der Waals surface area contributed by atoms with Gasteiger partial charge in [0.05, 0.1) is 19.1 Å². The second-order valence-corrected chi connectivity index (χ2v) is 7.56. The van der Waals surface area contributed by atoms with E-state index in [4.69, 9.17) is 4.74 Å². The molecule has 2 amide bonds. The number of amides is 2. The maximum Gasteiger partial charge on any atom is 0.254 e. The normalized spacial score (nSPS) is 17.7. The number of nitrogens with zero attached hydrogens (tertiary/aromatic N) is 2. The Hall–Kier alpha value is -3.67. The van der Waals surface area contributed by atoms with Crippen LogP contribution in [0.3, 0.4) is 0 Å². The molecule has 6 heteroatoms. The van der Waals surface area contributed by atoms with E-state index in [2.05, 4.69) is 10.3 Å². The van der Waals surface area contributed by atoms with Crippen LogP contribution in [0.1, 0.15) is 39.1 Å². The van der Waals surface area contributed by atoms with E-state index in [9.17, 15) is 9.59 Å². The van der Waals surface area contributed by atoms with Crippen LogP contribution < -0.4 is 10.1 Å². The van der Waals surface area contributed by atoms with Crippen molar-refractivity contribution in [3.05, 3.63) is 95.3 Å². The molecule has 1 N–H and O–H groups in total. The second-order valence-electron chi connectivity index (χ2n) is 7.56. The third-order valence-corrected chi connectivity index (χ3v) is 5.73. The van der Waals surface area contributed by atoms with E-state index >= 15 is 0 Å². The van der Waals surface area contributed by atoms with E-state index in [0.717, 1.165) is 22.6 Å². The van der Waals surface area contributed by atoms with Crippen LogP contribution in [0.25, 0.3) is 0 Å². The number of fused-ring (bicyclic) bond motifs is 1. The first-order chi connectivity index (χ1) is 15.1. The zero-order valence-corrected chi connectivity index (χ0v) is 17.6. The molecule has 1 aliphatic rings. The second kappa shape index (κ2) is 9.00. The minimum Gasteiger partial charge on any atom is -0.497 e. The topological polar surface area (TPSA) is 71.5 Å². The smallest absolute Gasteiger partial charge is 0.254 e. The fourth-order valence-corrected chi connectivity index (χ4v) is 4.14. The minimum atomic E-state index is -0.518. The lowest BCUT2D eigenvalue weighted by Crippen LogP contribution is -2.46. The number of hydrogen-bond acceptors (Lipinski definition) is 4. The number of carbonyl (C=O) groups is 2. The maximum absolute atomic E-state index is 13.4. The lowest BCUT2D eigenvalue weighted by Gasteiger charge is -2.39. The lowest BCUT2D eigenvalue weighted by atomic mass is 9.79. The molecular formula is C25H25N3O3. The fourth-order valence-electron chi connectivity index (χ4n) is 4.14. The summed E-state index contributed by atoms with van der Waals surface area (Å²) in [4.78, 5) is 32.4. The standard InChI is InChI=1S/C25H25N3O3/c1-28-23(17-10-12-19(31-2)13-11-17)22(20-8-3-4-9-21(20)25(28)30)24(29)27-16-14-18-7-5-6-15-26-18/h3-13,15,22-23H,14,16H2,1-2H3,(H,27,29)/t22-,23+/m0/s1. The average molecular weight is 415 g/mol. The predicted molar refractivity (Wildman–Crippen MR) is 118 cm³/mol. The monoisotopic (exact) mass is 415 g/mol. The first kappa shape index (κ1) is 20.6. The number of ether oxygens (including phenoxy) is 1. The molecule has 1 aromatic heterocycles. The summed E-state index contributed by atoms with van der Waals surface area (Å²) in [6.07, 6.45) is 2.39. The van der Waals surface area contributed by atoms with E-state index in [0.29, 0.717) is 18.5 Å². The highest BCUT2D eigenvalue weighted by Gasteiger charge is 2.42. The van der Waals surface area contributed by atoms with Crippen molar-refractivity contribution in [2.75, 3.05) is 20.7 Å². The van der Waals surface area contributed by atoms with E-state index in [1.54, 1.807) is 31.3 Å². The molecule has 0 bridgehead atoms. The molecule has 31 heavy (non-hydrogen) atoms. The molecule has 0 fully saturated rings. The largest absolute Gasteiger partial charge is 0.497 e. The molecule has 2 aromatic carbocycles. The van der Waals surface area contributed by atoms with Crippen LogP contribution in [-0.2, 0) is 11.2 Å². The third kappa shape index (κ3) is 4.14. The van der Waals surface area contributed by atoms with E-state index < -0.39 is 12.0 Å². The first-order valence-corrected chi connectivity index (χ1v) is 10.3. The number of nitrogens with one attached hydrogen (secondary N) is 1. The van der Waals surface area contributed by atoms with Gasteiger partial charge in [-0.2, -0.15) is 0 Å². The molecule has 2 atom stereocenters. The van der Waals surface area contributed by atoms with Crippen LogP contribution in [0, 0.1) is 0 Å². The quantitative estimate of drug-likeness (QED) is 0.670. The molecule has 0 saturated carbocycles. The highest BCUT2D eigenvalue weighted by Crippen LogP contribution is 2.42. The highest BCUT2D eigenvalue weighted by molar-refractivity contribution is 6.01. The Balaban J connectivity index is 1.64. The van der Waals surface area contributed by atoms with E-state index in [-0.39, 0.29) is 11.8 Å². The van der Waals surface area contributed by atoms with Gasteiger partial charge in [-0.3, -0.25) is 14.6 Å². The van der Waals surface area contributed by atoms with Crippen LogP contribution in [-0.4, -0.2) is 42.4 Å². The fraction of sp³-hybridized carbons (Fsp3) is 0.240. The number of likely N-dealkylation sites (N-methyl/N-ethyl adjacent to an activating group) is 1. The Labute approximate surface area is 181 Å². The Morgan fingerprint density at radius 1 is 1.06 bits per heavy atom. The number of benzene rings is 2. The van der Waals surface area contributed by atoms with Gasteiger partial charge in [0.1, 0.15) is 5.75 Å². The Morgan fingerprint density at radius 3 is 2.52 bits per heavy atom. The average Bonchev–Trinajstić information content (AvgIpc) is 2.82. The van der Waals surface area contributed by atoms with Gasteiger partial charge in [-0.25, -0.2) is 0 Å². The van der Waals surface area contributed by atoms with Crippen molar-refractivity contribution in [1.82, 2.24) is 15.2 Å². The van der Waals surface area contributed by atoms with Crippen LogP contribution in [0.5, 0.6) is 5.75 Å². The van der Waals surface area contributed by atoms with Gasteiger partial charge < -0.3 is 15.0 Å². The maximum atomic E-state index is 13.4. The Bertz CT molecular complexity index is 1070. The molecule has 0 saturated heterocycles. The first-order valence-electron chi connectivity index (χ1n) is 10.3. The van der Waals surface area contributed by atoms with Gasteiger partial charge >= 0.3 is 0 Å². The summed E-state index contributed by atoms with van der Waals surface area (Å²) in [5, 5.41) is 3.06. The highest BCUT2D eigenvalue weighted by atomic mass is 16.5. The molecule has 4 rings (SSSR count). The molecule has 1 aliphatic heterocycles. The zero-order valence-electron chi connectivity index (χ0n) is 17.6. The van der Waals surface area contributed by atoms with Crippen molar-refractivity contribution < 1.29 is 14.3 Å². The summed E-state index contributed by atoms with van der Waals surface area (Å²) < 4.78 is 5.26. The van der Waals surface area contributed by atoms with Gasteiger partial charge in [0.15, 0.2) is 0 Å². The Morgan fingerprint density at radius 2 is 1.81 bits per heavy atom. The van der Waals surface area contributed by atoms with Crippen molar-refractivity contribution in [3.8, 4) is 5.75 Å². The summed E-state index contributed by atoms with van der Waals surface area (Å²) in [5.41, 5.74) is 3.13. The molecule has 0 spiro atoms. The lowest BCUT2D eigenvalue weighted by molar-refractivity contribution is -0.124. The van der Waals surface area contributed by atoms with Crippen LogP contribution in [0.2, 0.25) is 0 Å². The molecule has 3 aromatic rings. The molecule has 6 nitrogen and oxygen atoms in total. The van der Waals surface area contributed by atoms with Crippen molar-refractivity contribution >= 4 is 11.8 Å². The van der Waals surface area contributed by atoms with Crippen molar-refractivity contribution in [1.29, 1.82) is 0 Å². The summed E-state index contributed by atoms with van der Waals surface area (Å²) in [7, 11) is 3.36. The number of hydrogen-bond donors (Lipinski definition) is 1. The number of rotatable bonds is 6. The summed E-state index contributed by atoms with van der Waals surface area (Å²) in [6, 6.07) is 20.2. The van der Waals surface area contributed by atoms with Crippen LogP contribution in [0.15, 0.2) is 72.9 Å². The van der Waals surface area contributed by atoms with Gasteiger partial charge in [0.25, 0.3) is 5.91 Å². The van der Waals surface area contributed by atoms with Crippen molar-refractivity contribution in [2.24, 2.45) is 0 Å². The number of carbonyl (C=O) groups excluding carboxylic acids is 2. The van der Waals surface area contributed by atoms with Crippen LogP contribution in [0.4, 0.5) is 0 Å². The molecule has 158 valence electrons. The third-order valence-electron chi connectivity index (χ3n) is 5.73. The summed E-state index contributed by atoms with van der Waals surface area (Å²) in [6.45, 7) is 0.474. The predicted octanol–water partition coefficient (Wildman–Crippen LogP) is 3.36. The Kier molecular flexibility index (Phi) is 5.98. The molecule has 0 aliphatic carbocycles. The number of aromatic nitrogens is 1. The summed E-state index contributed by atoms with van der Waals surface area (Å²) >= 11 is 0. The SMILES string of the molecule is COc1ccc([C@@H]2[C@@H](C(=O)NCCc3ccccn3)c3ccccc3C(=O)N2C)cc1. The van der Waals surface area contributed by atoms with E-state index in [1.165, 1.54) is 0 Å².